The molecule has 25 heavy (non-hydrogen) atoms. The van der Waals surface area contributed by atoms with Gasteiger partial charge in [-0.25, -0.2) is 8.42 Å². The number of ketones is 1. The summed E-state index contributed by atoms with van der Waals surface area (Å²) in [5.41, 5.74) is 10.0. The van der Waals surface area contributed by atoms with Crippen LogP contribution in [0, 0.1) is 0 Å². The molecule has 0 fully saturated rings. The molecule has 0 heterocycles. The SMILES string of the molecule is COc1ccc(CCCC(=O)C(=[N+]=[N-])S(=O)(=O)c2ccccc2)cc1. The number of Topliss-reactive ketones (excluding diaryl/α,β-unsaturated/α-hetero) is 1. The van der Waals surface area contributed by atoms with E-state index in [1.54, 1.807) is 13.2 Å². The van der Waals surface area contributed by atoms with Crippen molar-refractivity contribution in [2.75, 3.05) is 7.11 Å². The van der Waals surface area contributed by atoms with Crippen LogP contribution in [0.25, 0.3) is 5.53 Å². The van der Waals surface area contributed by atoms with Gasteiger partial charge < -0.3 is 10.3 Å². The third kappa shape index (κ3) is 4.62. The first kappa shape index (κ1) is 18.6. The van der Waals surface area contributed by atoms with Crippen molar-refractivity contribution >= 4 is 20.7 Å². The third-order valence-corrected chi connectivity index (χ3v) is 5.38. The molecule has 2 rings (SSSR count). The van der Waals surface area contributed by atoms with Crippen LogP contribution < -0.4 is 4.74 Å². The van der Waals surface area contributed by atoms with Gasteiger partial charge in [0.25, 0.3) is 15.6 Å². The van der Waals surface area contributed by atoms with E-state index < -0.39 is 20.7 Å². The normalized spacial score (nSPS) is 10.8. The molecule has 0 unspecified atom stereocenters. The molecule has 0 aliphatic heterocycles. The summed E-state index contributed by atoms with van der Waals surface area (Å²) in [4.78, 5) is 14.9. The molecule has 2 aromatic carbocycles. The number of carbonyl (C=O) groups is 1. The minimum atomic E-state index is -4.12. The highest BCUT2D eigenvalue weighted by molar-refractivity contribution is 8.08. The average Bonchev–Trinajstić information content (AvgIpc) is 2.63. The van der Waals surface area contributed by atoms with E-state index in [0.717, 1.165) is 11.3 Å². The number of benzene rings is 2. The maximum absolute atomic E-state index is 12.4. The van der Waals surface area contributed by atoms with Crippen LogP contribution in [0.15, 0.2) is 59.5 Å². The minimum Gasteiger partial charge on any atom is -0.497 e. The fourth-order valence-corrected chi connectivity index (χ4v) is 3.57. The molecule has 0 N–H and O–H groups in total. The molecule has 0 radical (unpaired) electrons. The second-order valence-corrected chi connectivity index (χ2v) is 7.21. The number of methoxy groups -OCH3 is 1. The highest BCUT2D eigenvalue weighted by Crippen LogP contribution is 2.15. The number of rotatable bonds is 7. The van der Waals surface area contributed by atoms with Crippen molar-refractivity contribution in [2.45, 2.75) is 24.2 Å². The Bertz CT molecular complexity index is 884. The van der Waals surface area contributed by atoms with Crippen LogP contribution in [0.2, 0.25) is 0 Å². The molecule has 0 aliphatic carbocycles. The lowest BCUT2D eigenvalue weighted by atomic mass is 10.1. The third-order valence-electron chi connectivity index (χ3n) is 3.67. The molecular weight excluding hydrogens is 340 g/mol. The predicted molar refractivity (Wildman–Crippen MR) is 93.2 cm³/mol. The fourth-order valence-electron chi connectivity index (χ4n) is 2.32. The Labute approximate surface area is 146 Å². The molecule has 0 atom stereocenters. The molecule has 0 saturated heterocycles. The van der Waals surface area contributed by atoms with Gasteiger partial charge in [-0.3, -0.25) is 4.79 Å². The number of hydrogen-bond acceptors (Lipinski definition) is 4. The van der Waals surface area contributed by atoms with E-state index in [1.165, 1.54) is 24.3 Å². The number of nitrogens with zero attached hydrogens (tertiary/aromatic N) is 2. The molecule has 6 nitrogen and oxygen atoms in total. The Morgan fingerprint density at radius 1 is 1.08 bits per heavy atom. The first-order valence-electron chi connectivity index (χ1n) is 7.67. The zero-order valence-corrected chi connectivity index (χ0v) is 14.6. The Morgan fingerprint density at radius 3 is 2.28 bits per heavy atom. The maximum Gasteiger partial charge on any atom is 0.451 e. The molecule has 0 aliphatic rings. The Balaban J connectivity index is 2.02. The van der Waals surface area contributed by atoms with E-state index in [2.05, 4.69) is 4.79 Å². The zero-order chi connectivity index (χ0) is 18.3. The van der Waals surface area contributed by atoms with Gasteiger partial charge in [0.15, 0.2) is 0 Å². The highest BCUT2D eigenvalue weighted by atomic mass is 32.2. The van der Waals surface area contributed by atoms with Crippen molar-refractivity contribution in [1.29, 1.82) is 0 Å². The molecule has 0 aromatic heterocycles. The van der Waals surface area contributed by atoms with Crippen LogP contribution in [0.4, 0.5) is 0 Å². The molecule has 2 aromatic rings. The summed E-state index contributed by atoms with van der Waals surface area (Å²) >= 11 is 0. The van der Waals surface area contributed by atoms with Crippen molar-refractivity contribution in [3.8, 4) is 5.75 Å². The summed E-state index contributed by atoms with van der Waals surface area (Å²) in [6.07, 6.45) is 1.01. The smallest absolute Gasteiger partial charge is 0.451 e. The lowest BCUT2D eigenvalue weighted by Crippen LogP contribution is -2.25. The Kier molecular flexibility index (Phi) is 6.22. The van der Waals surface area contributed by atoms with Crippen LogP contribution in [-0.2, 0) is 21.1 Å². The van der Waals surface area contributed by atoms with Gasteiger partial charge in [-0.05, 0) is 42.7 Å². The quantitative estimate of drug-likeness (QED) is 0.329. The first-order valence-corrected chi connectivity index (χ1v) is 9.15. The Hall–Kier alpha value is -2.76. The van der Waals surface area contributed by atoms with Crippen LogP contribution in [0.5, 0.6) is 5.75 Å². The van der Waals surface area contributed by atoms with Crippen LogP contribution in [0.3, 0.4) is 0 Å². The lowest BCUT2D eigenvalue weighted by molar-refractivity contribution is -0.116. The minimum absolute atomic E-state index is 0.0303. The summed E-state index contributed by atoms with van der Waals surface area (Å²) in [6, 6.07) is 14.8. The second-order valence-electron chi connectivity index (χ2n) is 5.35. The van der Waals surface area contributed by atoms with Gasteiger partial charge in [-0.15, -0.1) is 4.79 Å². The van der Waals surface area contributed by atoms with Gasteiger partial charge >= 0.3 is 5.04 Å². The second kappa shape index (κ2) is 8.37. The summed E-state index contributed by atoms with van der Waals surface area (Å²) in [5, 5.41) is -0.826. The van der Waals surface area contributed by atoms with Crippen molar-refractivity contribution < 1.29 is 22.7 Å². The van der Waals surface area contributed by atoms with Crippen molar-refractivity contribution in [3.05, 3.63) is 65.7 Å². The Morgan fingerprint density at radius 2 is 1.72 bits per heavy atom. The molecule has 130 valence electrons. The van der Waals surface area contributed by atoms with Gasteiger partial charge in [0.2, 0.25) is 0 Å². The number of sulfone groups is 1. The molecule has 0 bridgehead atoms. The topological polar surface area (TPSA) is 96.8 Å². The summed E-state index contributed by atoms with van der Waals surface area (Å²) in [6.45, 7) is 0. The first-order chi connectivity index (χ1) is 12.0. The van der Waals surface area contributed by atoms with Crippen molar-refractivity contribution in [1.82, 2.24) is 0 Å². The number of aryl methyl sites for hydroxylation is 1. The number of carbonyl (C=O) groups excluding carboxylic acids is 1. The van der Waals surface area contributed by atoms with E-state index in [-0.39, 0.29) is 11.3 Å². The summed E-state index contributed by atoms with van der Waals surface area (Å²) in [5.74, 6) is 0.0309. The highest BCUT2D eigenvalue weighted by Gasteiger charge is 2.36. The van der Waals surface area contributed by atoms with Gasteiger partial charge in [0.05, 0.1) is 12.0 Å². The van der Waals surface area contributed by atoms with Crippen molar-refractivity contribution in [2.24, 2.45) is 0 Å². The van der Waals surface area contributed by atoms with Gasteiger partial charge in [0, 0.05) is 6.42 Å². The zero-order valence-electron chi connectivity index (χ0n) is 13.8. The molecule has 0 spiro atoms. The standard InChI is InChI=1S/C18H18N2O4S/c1-24-15-12-10-14(11-13-15)6-5-9-17(21)18(20-19)25(22,23)16-7-3-2-4-8-16/h2-4,7-8,10-13H,5-6,9H2,1H3. The van der Waals surface area contributed by atoms with Gasteiger partial charge in [-0.2, -0.15) is 0 Å². The van der Waals surface area contributed by atoms with Crippen molar-refractivity contribution in [3.63, 3.8) is 0 Å². The molecule has 0 saturated carbocycles. The van der Waals surface area contributed by atoms with Crippen LogP contribution in [0.1, 0.15) is 18.4 Å². The maximum atomic E-state index is 12.4. The number of ether oxygens (including phenoxy) is 1. The fraction of sp³-hybridized carbons (Fsp3) is 0.222. The molecule has 7 heteroatoms. The van der Waals surface area contributed by atoms with E-state index in [9.17, 15) is 13.2 Å². The van der Waals surface area contributed by atoms with Gasteiger partial charge in [0.1, 0.15) is 5.75 Å². The molecular formula is C18H18N2O4S. The predicted octanol–water partition coefficient (Wildman–Crippen LogP) is 2.69. The van der Waals surface area contributed by atoms with E-state index >= 15 is 0 Å². The van der Waals surface area contributed by atoms with E-state index in [1.807, 2.05) is 24.3 Å². The number of hydrogen-bond donors (Lipinski definition) is 0. The van der Waals surface area contributed by atoms with Crippen LogP contribution in [-0.4, -0.2) is 31.1 Å². The average molecular weight is 358 g/mol. The lowest BCUT2D eigenvalue weighted by Gasteiger charge is -2.03. The van der Waals surface area contributed by atoms with Crippen LogP contribution >= 0.6 is 0 Å². The molecule has 0 amide bonds. The summed E-state index contributed by atoms with van der Waals surface area (Å²) in [7, 11) is -2.54. The van der Waals surface area contributed by atoms with Gasteiger partial charge in [-0.1, -0.05) is 30.3 Å². The summed E-state index contributed by atoms with van der Waals surface area (Å²) < 4.78 is 29.8. The largest absolute Gasteiger partial charge is 0.497 e. The van der Waals surface area contributed by atoms with E-state index in [0.29, 0.717) is 12.8 Å². The monoisotopic (exact) mass is 358 g/mol. The van der Waals surface area contributed by atoms with E-state index in [4.69, 9.17) is 10.3 Å².